The van der Waals surface area contributed by atoms with Crippen LogP contribution >= 0.6 is 27.5 Å². The number of hydrogen-bond acceptors (Lipinski definition) is 1. The zero-order valence-electron chi connectivity index (χ0n) is 11.0. The van der Waals surface area contributed by atoms with E-state index in [1.54, 1.807) is 6.07 Å². The smallest absolute Gasteiger partial charge is 0.137 e. The maximum Gasteiger partial charge on any atom is 0.137 e. The first kappa shape index (κ1) is 15.5. The first-order chi connectivity index (χ1) is 9.60. The third-order valence-electron chi connectivity index (χ3n) is 3.31. The molecule has 0 fully saturated rings. The fourth-order valence-electron chi connectivity index (χ4n) is 2.21. The van der Waals surface area contributed by atoms with Crippen molar-refractivity contribution in [2.24, 2.45) is 11.7 Å². The fraction of sp³-hybridized carbons (Fsp3) is 0.250. The summed E-state index contributed by atoms with van der Waals surface area (Å²) < 4.78 is 13.7. The molecule has 2 aromatic rings. The number of halogens is 3. The summed E-state index contributed by atoms with van der Waals surface area (Å²) in [6.45, 7) is 0.570. The van der Waals surface area contributed by atoms with Crippen LogP contribution in [0, 0.1) is 11.7 Å². The second-order valence-electron chi connectivity index (χ2n) is 4.85. The molecule has 0 saturated heterocycles. The van der Waals surface area contributed by atoms with Crippen LogP contribution in [-0.4, -0.2) is 6.54 Å². The van der Waals surface area contributed by atoms with Crippen molar-refractivity contribution in [3.8, 4) is 0 Å². The standard InChI is InChI=1S/C16H16BrClFN/c17-14-9-11(5-6-16(14)19)7-12(10-20)8-13-3-1-2-4-15(13)18/h1-6,9,12H,7-8,10,20H2. The van der Waals surface area contributed by atoms with E-state index in [0.29, 0.717) is 11.0 Å². The third kappa shape index (κ3) is 4.05. The van der Waals surface area contributed by atoms with E-state index in [-0.39, 0.29) is 11.7 Å². The molecule has 2 N–H and O–H groups in total. The van der Waals surface area contributed by atoms with E-state index in [0.717, 1.165) is 29.0 Å². The van der Waals surface area contributed by atoms with Crippen LogP contribution in [-0.2, 0) is 12.8 Å². The van der Waals surface area contributed by atoms with Gasteiger partial charge in [0.25, 0.3) is 0 Å². The Bertz CT molecular complexity index is 588. The molecule has 0 saturated carbocycles. The molecule has 0 heterocycles. The monoisotopic (exact) mass is 355 g/mol. The Labute approximate surface area is 132 Å². The lowest BCUT2D eigenvalue weighted by molar-refractivity contribution is 0.532. The molecular formula is C16H16BrClFN. The summed E-state index contributed by atoms with van der Waals surface area (Å²) in [6.07, 6.45) is 1.63. The van der Waals surface area contributed by atoms with Crippen molar-refractivity contribution in [3.63, 3.8) is 0 Å². The van der Waals surface area contributed by atoms with Gasteiger partial charge in [0.05, 0.1) is 4.47 Å². The molecule has 0 aromatic heterocycles. The van der Waals surface area contributed by atoms with Gasteiger partial charge in [-0.1, -0.05) is 35.9 Å². The fourth-order valence-corrected chi connectivity index (χ4v) is 2.85. The Balaban J connectivity index is 2.09. The largest absolute Gasteiger partial charge is 0.330 e. The van der Waals surface area contributed by atoms with Crippen molar-refractivity contribution in [2.45, 2.75) is 12.8 Å². The lowest BCUT2D eigenvalue weighted by Gasteiger charge is -2.16. The number of nitrogens with two attached hydrogens (primary N) is 1. The van der Waals surface area contributed by atoms with Crippen LogP contribution in [0.15, 0.2) is 46.9 Å². The predicted octanol–water partition coefficient (Wildman–Crippen LogP) is 4.60. The summed E-state index contributed by atoms with van der Waals surface area (Å²) in [7, 11) is 0. The van der Waals surface area contributed by atoms with E-state index in [9.17, 15) is 4.39 Å². The molecule has 0 radical (unpaired) electrons. The molecule has 4 heteroatoms. The van der Waals surface area contributed by atoms with Gasteiger partial charge in [0, 0.05) is 5.02 Å². The van der Waals surface area contributed by atoms with Crippen LogP contribution in [0.4, 0.5) is 4.39 Å². The normalized spacial score (nSPS) is 12.4. The molecule has 2 rings (SSSR count). The van der Waals surface area contributed by atoms with Crippen LogP contribution < -0.4 is 5.73 Å². The highest BCUT2D eigenvalue weighted by molar-refractivity contribution is 9.10. The van der Waals surface area contributed by atoms with Crippen LogP contribution in [0.1, 0.15) is 11.1 Å². The van der Waals surface area contributed by atoms with Gasteiger partial charge >= 0.3 is 0 Å². The topological polar surface area (TPSA) is 26.0 Å². The molecule has 0 bridgehead atoms. The average molecular weight is 357 g/mol. The first-order valence-electron chi connectivity index (χ1n) is 6.47. The highest BCUT2D eigenvalue weighted by atomic mass is 79.9. The third-order valence-corrected chi connectivity index (χ3v) is 4.28. The summed E-state index contributed by atoms with van der Waals surface area (Å²) in [5.74, 6) is 0.0383. The van der Waals surface area contributed by atoms with E-state index in [4.69, 9.17) is 17.3 Å². The summed E-state index contributed by atoms with van der Waals surface area (Å²) in [5, 5.41) is 0.770. The lowest BCUT2D eigenvalue weighted by Crippen LogP contribution is -2.19. The van der Waals surface area contributed by atoms with Gasteiger partial charge in [-0.3, -0.25) is 0 Å². The second kappa shape index (κ2) is 7.21. The molecule has 0 aliphatic carbocycles. The van der Waals surface area contributed by atoms with E-state index in [1.165, 1.54) is 6.07 Å². The highest BCUT2D eigenvalue weighted by Crippen LogP contribution is 2.23. The second-order valence-corrected chi connectivity index (χ2v) is 6.11. The number of rotatable bonds is 5. The van der Waals surface area contributed by atoms with Crippen LogP contribution in [0.3, 0.4) is 0 Å². The minimum atomic E-state index is -0.246. The van der Waals surface area contributed by atoms with Gasteiger partial charge in [0.15, 0.2) is 0 Å². The van der Waals surface area contributed by atoms with Gasteiger partial charge in [-0.05, 0) is 70.6 Å². The molecule has 20 heavy (non-hydrogen) atoms. The SMILES string of the molecule is NCC(Cc1ccc(F)c(Br)c1)Cc1ccccc1Cl. The summed E-state index contributed by atoms with van der Waals surface area (Å²) in [6, 6.07) is 12.9. The Hall–Kier alpha value is -0.900. The van der Waals surface area contributed by atoms with Crippen LogP contribution in [0.25, 0.3) is 0 Å². The average Bonchev–Trinajstić information content (AvgIpc) is 2.44. The zero-order valence-corrected chi connectivity index (χ0v) is 13.3. The molecule has 0 aliphatic rings. The van der Waals surface area contributed by atoms with Gasteiger partial charge in [0.1, 0.15) is 5.82 Å². The maximum atomic E-state index is 13.2. The van der Waals surface area contributed by atoms with Crippen molar-refractivity contribution >= 4 is 27.5 Å². The van der Waals surface area contributed by atoms with E-state index >= 15 is 0 Å². The molecule has 106 valence electrons. The molecule has 1 atom stereocenters. The van der Waals surface area contributed by atoms with Crippen molar-refractivity contribution in [1.82, 2.24) is 0 Å². The Kier molecular flexibility index (Phi) is 5.58. The maximum absolute atomic E-state index is 13.2. The molecule has 1 nitrogen and oxygen atoms in total. The lowest BCUT2D eigenvalue weighted by atomic mass is 9.92. The van der Waals surface area contributed by atoms with Gasteiger partial charge < -0.3 is 5.73 Å². The van der Waals surface area contributed by atoms with Crippen molar-refractivity contribution < 1.29 is 4.39 Å². The van der Waals surface area contributed by atoms with Crippen LogP contribution in [0.2, 0.25) is 5.02 Å². The number of benzene rings is 2. The summed E-state index contributed by atoms with van der Waals surface area (Å²) in [5.41, 5.74) is 8.03. The van der Waals surface area contributed by atoms with Gasteiger partial charge in [0.2, 0.25) is 0 Å². The van der Waals surface area contributed by atoms with Gasteiger partial charge in [-0.15, -0.1) is 0 Å². The van der Waals surface area contributed by atoms with E-state index in [2.05, 4.69) is 15.9 Å². The minimum Gasteiger partial charge on any atom is -0.330 e. The molecule has 2 aromatic carbocycles. The van der Waals surface area contributed by atoms with E-state index in [1.807, 2.05) is 30.3 Å². The Morgan fingerprint density at radius 2 is 1.90 bits per heavy atom. The van der Waals surface area contributed by atoms with Gasteiger partial charge in [-0.25, -0.2) is 4.39 Å². The molecule has 0 amide bonds. The molecule has 1 unspecified atom stereocenters. The Morgan fingerprint density at radius 3 is 2.55 bits per heavy atom. The van der Waals surface area contributed by atoms with Crippen molar-refractivity contribution in [1.29, 1.82) is 0 Å². The molecule has 0 aliphatic heterocycles. The quantitative estimate of drug-likeness (QED) is 0.832. The van der Waals surface area contributed by atoms with Gasteiger partial charge in [-0.2, -0.15) is 0 Å². The summed E-state index contributed by atoms with van der Waals surface area (Å²) in [4.78, 5) is 0. The molecular weight excluding hydrogens is 341 g/mol. The minimum absolute atomic E-state index is 0.246. The zero-order chi connectivity index (χ0) is 14.5. The Morgan fingerprint density at radius 1 is 1.15 bits per heavy atom. The first-order valence-corrected chi connectivity index (χ1v) is 7.64. The number of hydrogen-bond donors (Lipinski definition) is 1. The molecule has 0 spiro atoms. The van der Waals surface area contributed by atoms with Crippen molar-refractivity contribution in [3.05, 3.63) is 68.9 Å². The predicted molar refractivity (Wildman–Crippen MR) is 85.5 cm³/mol. The highest BCUT2D eigenvalue weighted by Gasteiger charge is 2.12. The van der Waals surface area contributed by atoms with E-state index < -0.39 is 0 Å². The van der Waals surface area contributed by atoms with Crippen LogP contribution in [0.5, 0.6) is 0 Å². The summed E-state index contributed by atoms with van der Waals surface area (Å²) >= 11 is 9.39. The van der Waals surface area contributed by atoms with Crippen molar-refractivity contribution in [2.75, 3.05) is 6.54 Å².